The summed E-state index contributed by atoms with van der Waals surface area (Å²) in [5.41, 5.74) is 3.82. The van der Waals surface area contributed by atoms with Gasteiger partial charge in [0.25, 0.3) is 0 Å². The third-order valence-electron chi connectivity index (χ3n) is 4.06. The molecule has 0 spiro atoms. The van der Waals surface area contributed by atoms with Crippen molar-refractivity contribution in [3.05, 3.63) is 108 Å². The predicted molar refractivity (Wildman–Crippen MR) is 106 cm³/mol. The molecule has 25 heavy (non-hydrogen) atoms. The van der Waals surface area contributed by atoms with E-state index in [1.807, 2.05) is 18.2 Å². The van der Waals surface area contributed by atoms with Gasteiger partial charge in [0.15, 0.2) is 0 Å². The van der Waals surface area contributed by atoms with Gasteiger partial charge in [0.2, 0.25) is 0 Å². The van der Waals surface area contributed by atoms with Crippen LogP contribution < -0.4 is 15.7 Å². The van der Waals surface area contributed by atoms with Gasteiger partial charge in [-0.15, -0.1) is 0 Å². The fraction of sp³-hybridized carbons (Fsp3) is 0.143. The molecule has 0 aliphatic rings. The van der Waals surface area contributed by atoms with Crippen LogP contribution in [-0.4, -0.2) is 7.12 Å². The van der Waals surface area contributed by atoms with Crippen LogP contribution in [0.25, 0.3) is 0 Å². The second kappa shape index (κ2) is 9.79. The fourth-order valence-corrected chi connectivity index (χ4v) is 2.66. The van der Waals surface area contributed by atoms with Gasteiger partial charge in [0.1, 0.15) is 0 Å². The predicted octanol–water partition coefficient (Wildman–Crippen LogP) is 3.34. The Balaban J connectivity index is 1.56. The Morgan fingerprint density at radius 2 is 0.720 bits per heavy atom. The molecule has 0 atom stereocenters. The average molecular weight is 329 g/mol. The molecular weight excluding hydrogens is 305 g/mol. The van der Waals surface area contributed by atoms with E-state index in [-0.39, 0.29) is 7.12 Å². The number of rotatable bonds is 9. The molecule has 0 saturated carbocycles. The summed E-state index contributed by atoms with van der Waals surface area (Å²) in [4.78, 5) is 0. The lowest BCUT2D eigenvalue weighted by molar-refractivity contribution is 0.772. The Morgan fingerprint density at radius 3 is 1.00 bits per heavy atom. The zero-order chi connectivity index (χ0) is 17.2. The van der Waals surface area contributed by atoms with E-state index in [1.165, 1.54) is 16.7 Å². The SMILES string of the molecule is c1ccc(CNB(NCc2ccccc2)NCc2ccccc2)cc1. The molecule has 3 aromatic rings. The van der Waals surface area contributed by atoms with Gasteiger partial charge in [-0.3, -0.25) is 0 Å². The molecule has 3 N–H and O–H groups in total. The van der Waals surface area contributed by atoms with Crippen LogP contribution in [0.15, 0.2) is 91.0 Å². The molecule has 0 aliphatic heterocycles. The highest BCUT2D eigenvalue weighted by Gasteiger charge is 2.14. The van der Waals surface area contributed by atoms with Crippen LogP contribution in [0.4, 0.5) is 0 Å². The van der Waals surface area contributed by atoms with Gasteiger partial charge >= 0.3 is 7.12 Å². The van der Waals surface area contributed by atoms with Crippen LogP contribution in [0.5, 0.6) is 0 Å². The smallest absolute Gasteiger partial charge is 0.324 e. The standard InChI is InChI=1S/C21H24BN3/c1-4-10-19(11-5-1)16-23-22(24-17-20-12-6-2-7-13-20)25-18-21-14-8-3-9-15-21/h1-15,23-25H,16-18H2. The minimum Gasteiger partial charge on any atom is -0.324 e. The van der Waals surface area contributed by atoms with Crippen molar-refractivity contribution in [1.82, 2.24) is 15.7 Å². The van der Waals surface area contributed by atoms with Crippen molar-refractivity contribution in [3.8, 4) is 0 Å². The molecule has 0 amide bonds. The first kappa shape index (κ1) is 17.4. The maximum atomic E-state index is 3.55. The van der Waals surface area contributed by atoms with Crippen molar-refractivity contribution in [1.29, 1.82) is 0 Å². The molecule has 0 saturated heterocycles. The van der Waals surface area contributed by atoms with Crippen LogP contribution in [-0.2, 0) is 19.6 Å². The fourth-order valence-electron chi connectivity index (χ4n) is 2.66. The first-order valence-corrected chi connectivity index (χ1v) is 8.72. The highest BCUT2D eigenvalue weighted by molar-refractivity contribution is 6.50. The number of hydrogen-bond donors (Lipinski definition) is 3. The Morgan fingerprint density at radius 1 is 0.440 bits per heavy atom. The van der Waals surface area contributed by atoms with Crippen LogP contribution in [0, 0.1) is 0 Å². The minimum absolute atomic E-state index is 0.0284. The van der Waals surface area contributed by atoms with E-state index >= 15 is 0 Å². The normalized spacial score (nSPS) is 10.6. The lowest BCUT2D eigenvalue weighted by Gasteiger charge is -2.18. The van der Waals surface area contributed by atoms with E-state index in [0.717, 1.165) is 19.6 Å². The number of hydrogen-bond acceptors (Lipinski definition) is 3. The highest BCUT2D eigenvalue weighted by Crippen LogP contribution is 2.00. The van der Waals surface area contributed by atoms with Crippen molar-refractivity contribution in [2.24, 2.45) is 0 Å². The van der Waals surface area contributed by atoms with Crippen molar-refractivity contribution in [3.63, 3.8) is 0 Å². The molecule has 0 fully saturated rings. The lowest BCUT2D eigenvalue weighted by atomic mass is 9.91. The first-order valence-electron chi connectivity index (χ1n) is 8.72. The van der Waals surface area contributed by atoms with Gasteiger partial charge in [-0.2, -0.15) is 0 Å². The third-order valence-corrected chi connectivity index (χ3v) is 4.06. The molecule has 3 aromatic carbocycles. The van der Waals surface area contributed by atoms with Crippen LogP contribution in [0.3, 0.4) is 0 Å². The van der Waals surface area contributed by atoms with Gasteiger partial charge in [0.05, 0.1) is 0 Å². The number of nitrogens with one attached hydrogen (secondary N) is 3. The topological polar surface area (TPSA) is 36.1 Å². The monoisotopic (exact) mass is 329 g/mol. The minimum atomic E-state index is 0.0284. The summed E-state index contributed by atoms with van der Waals surface area (Å²) in [6.45, 7) is 2.44. The van der Waals surface area contributed by atoms with E-state index in [9.17, 15) is 0 Å². The second-order valence-corrected chi connectivity index (χ2v) is 6.03. The zero-order valence-electron chi connectivity index (χ0n) is 14.4. The van der Waals surface area contributed by atoms with Gasteiger partial charge in [-0.05, 0) is 16.7 Å². The Kier molecular flexibility index (Phi) is 6.83. The maximum absolute atomic E-state index is 3.55. The van der Waals surface area contributed by atoms with Gasteiger partial charge in [0, 0.05) is 19.6 Å². The summed E-state index contributed by atoms with van der Waals surface area (Å²) in [6.07, 6.45) is 0. The molecule has 0 aromatic heterocycles. The molecule has 0 heterocycles. The quantitative estimate of drug-likeness (QED) is 0.527. The van der Waals surface area contributed by atoms with E-state index in [2.05, 4.69) is 88.5 Å². The van der Waals surface area contributed by atoms with E-state index in [4.69, 9.17) is 0 Å². The summed E-state index contributed by atoms with van der Waals surface area (Å²) >= 11 is 0. The van der Waals surface area contributed by atoms with E-state index < -0.39 is 0 Å². The molecule has 0 bridgehead atoms. The van der Waals surface area contributed by atoms with Crippen LogP contribution in [0.2, 0.25) is 0 Å². The molecule has 0 radical (unpaired) electrons. The van der Waals surface area contributed by atoms with Crippen molar-refractivity contribution < 1.29 is 0 Å². The molecule has 4 heteroatoms. The second-order valence-electron chi connectivity index (χ2n) is 6.03. The third kappa shape index (κ3) is 6.20. The van der Waals surface area contributed by atoms with Crippen LogP contribution >= 0.6 is 0 Å². The number of benzene rings is 3. The van der Waals surface area contributed by atoms with Crippen molar-refractivity contribution in [2.75, 3.05) is 0 Å². The van der Waals surface area contributed by atoms with E-state index in [1.54, 1.807) is 0 Å². The maximum Gasteiger partial charge on any atom is 0.395 e. The molecule has 126 valence electrons. The Labute approximate surface area is 150 Å². The van der Waals surface area contributed by atoms with Crippen molar-refractivity contribution in [2.45, 2.75) is 19.6 Å². The molecule has 3 nitrogen and oxygen atoms in total. The molecule has 0 aliphatic carbocycles. The highest BCUT2D eigenvalue weighted by atomic mass is 15.1. The summed E-state index contributed by atoms with van der Waals surface area (Å²) in [6, 6.07) is 31.4. The zero-order valence-corrected chi connectivity index (χ0v) is 14.4. The first-order chi connectivity index (χ1) is 12.4. The summed E-state index contributed by atoms with van der Waals surface area (Å²) in [5, 5.41) is 10.7. The summed E-state index contributed by atoms with van der Waals surface area (Å²) in [5.74, 6) is 0. The summed E-state index contributed by atoms with van der Waals surface area (Å²) < 4.78 is 0. The molecule has 0 unspecified atom stereocenters. The Hall–Kier alpha value is -2.40. The van der Waals surface area contributed by atoms with Crippen LogP contribution in [0.1, 0.15) is 16.7 Å². The Bertz CT molecular complexity index is 616. The van der Waals surface area contributed by atoms with Crippen molar-refractivity contribution >= 4 is 7.12 Å². The van der Waals surface area contributed by atoms with Gasteiger partial charge in [-0.25, -0.2) is 0 Å². The van der Waals surface area contributed by atoms with Gasteiger partial charge < -0.3 is 15.7 Å². The van der Waals surface area contributed by atoms with E-state index in [0.29, 0.717) is 0 Å². The molecule has 3 rings (SSSR count). The largest absolute Gasteiger partial charge is 0.395 e. The lowest BCUT2D eigenvalue weighted by Crippen LogP contribution is -2.57. The van der Waals surface area contributed by atoms with Gasteiger partial charge in [-0.1, -0.05) is 91.0 Å². The average Bonchev–Trinajstić information content (AvgIpc) is 2.70. The summed E-state index contributed by atoms with van der Waals surface area (Å²) in [7, 11) is 0.0284. The molecular formula is C21H24BN3.